The van der Waals surface area contributed by atoms with Gasteiger partial charge in [-0.25, -0.2) is 8.78 Å². The van der Waals surface area contributed by atoms with Crippen molar-refractivity contribution < 1.29 is 13.6 Å². The van der Waals surface area contributed by atoms with Crippen LogP contribution in [0.25, 0.3) is 0 Å². The first kappa shape index (κ1) is 12.8. The third-order valence-electron chi connectivity index (χ3n) is 4.57. The summed E-state index contributed by atoms with van der Waals surface area (Å²) in [5.41, 5.74) is 4.47. The largest absolute Gasteiger partial charge is 0.298 e. The van der Waals surface area contributed by atoms with E-state index in [9.17, 15) is 13.6 Å². The summed E-state index contributed by atoms with van der Waals surface area (Å²) in [6.45, 7) is 0. The number of alkyl halides is 2. The van der Waals surface area contributed by atoms with Gasteiger partial charge in [-0.2, -0.15) is 0 Å². The minimum Gasteiger partial charge on any atom is -0.298 e. The first-order valence-electron chi connectivity index (χ1n) is 7.08. The van der Waals surface area contributed by atoms with Crippen LogP contribution < -0.4 is 0 Å². The standard InChI is InChI=1S/C16H18F2O/c17-16(18)6-4-12(5-7-16)15-9-11(10-19)8-13-2-1-3-14(13)15/h8-10,12H,1-7H2. The first-order valence-corrected chi connectivity index (χ1v) is 7.08. The van der Waals surface area contributed by atoms with E-state index in [1.807, 2.05) is 12.1 Å². The SMILES string of the molecule is O=Cc1cc2c(c(C3CCC(F)(F)CC3)c1)CCC2. The van der Waals surface area contributed by atoms with E-state index in [4.69, 9.17) is 0 Å². The maximum Gasteiger partial charge on any atom is 0.248 e. The number of hydrogen-bond acceptors (Lipinski definition) is 1. The molecule has 0 atom stereocenters. The van der Waals surface area contributed by atoms with E-state index in [1.165, 1.54) is 16.7 Å². The topological polar surface area (TPSA) is 17.1 Å². The van der Waals surface area contributed by atoms with Crippen molar-refractivity contribution in [2.24, 2.45) is 0 Å². The molecule has 0 heterocycles. The van der Waals surface area contributed by atoms with Crippen LogP contribution in [0.5, 0.6) is 0 Å². The quantitative estimate of drug-likeness (QED) is 0.729. The number of carbonyl (C=O) groups is 1. The van der Waals surface area contributed by atoms with Crippen LogP contribution in [0.4, 0.5) is 8.78 Å². The molecule has 102 valence electrons. The van der Waals surface area contributed by atoms with Crippen LogP contribution in [0.3, 0.4) is 0 Å². The lowest BCUT2D eigenvalue weighted by Gasteiger charge is -2.30. The molecular formula is C16H18F2O. The van der Waals surface area contributed by atoms with Gasteiger partial charge in [0, 0.05) is 18.4 Å². The van der Waals surface area contributed by atoms with Crippen molar-refractivity contribution in [2.45, 2.75) is 56.8 Å². The Hall–Kier alpha value is -1.25. The molecule has 19 heavy (non-hydrogen) atoms. The molecule has 0 amide bonds. The van der Waals surface area contributed by atoms with Crippen LogP contribution in [0.1, 0.15) is 65.1 Å². The van der Waals surface area contributed by atoms with Gasteiger partial charge in [-0.3, -0.25) is 4.79 Å². The highest BCUT2D eigenvalue weighted by molar-refractivity contribution is 5.76. The second-order valence-electron chi connectivity index (χ2n) is 5.85. The van der Waals surface area contributed by atoms with Crippen LogP contribution >= 0.6 is 0 Å². The summed E-state index contributed by atoms with van der Waals surface area (Å²) in [5.74, 6) is -2.27. The highest BCUT2D eigenvalue weighted by Crippen LogP contribution is 2.43. The molecule has 1 aromatic carbocycles. The van der Waals surface area contributed by atoms with Gasteiger partial charge in [-0.1, -0.05) is 0 Å². The molecule has 0 radical (unpaired) electrons. The molecule has 1 nitrogen and oxygen atoms in total. The van der Waals surface area contributed by atoms with Crippen LogP contribution in [0, 0.1) is 0 Å². The number of aryl methyl sites for hydroxylation is 1. The third-order valence-corrected chi connectivity index (χ3v) is 4.57. The summed E-state index contributed by atoms with van der Waals surface area (Å²) in [6, 6.07) is 3.90. The van der Waals surface area contributed by atoms with E-state index in [2.05, 4.69) is 0 Å². The number of fused-ring (bicyclic) bond motifs is 1. The minimum atomic E-state index is -2.48. The summed E-state index contributed by atoms with van der Waals surface area (Å²) in [5, 5.41) is 0. The first-order chi connectivity index (χ1) is 9.09. The van der Waals surface area contributed by atoms with Crippen molar-refractivity contribution in [2.75, 3.05) is 0 Å². The van der Waals surface area contributed by atoms with Gasteiger partial charge in [0.15, 0.2) is 0 Å². The van der Waals surface area contributed by atoms with Gasteiger partial charge < -0.3 is 0 Å². The second-order valence-corrected chi connectivity index (χ2v) is 5.85. The Labute approximate surface area is 112 Å². The monoisotopic (exact) mass is 264 g/mol. The number of benzene rings is 1. The molecule has 0 bridgehead atoms. The number of aldehydes is 1. The normalized spacial score (nSPS) is 22.2. The highest BCUT2D eigenvalue weighted by atomic mass is 19.3. The fourth-order valence-electron chi connectivity index (χ4n) is 3.55. The average molecular weight is 264 g/mol. The molecule has 2 aliphatic rings. The molecular weight excluding hydrogens is 246 g/mol. The number of hydrogen-bond donors (Lipinski definition) is 0. The zero-order chi connectivity index (χ0) is 13.5. The zero-order valence-electron chi connectivity index (χ0n) is 10.9. The van der Waals surface area contributed by atoms with E-state index in [-0.39, 0.29) is 18.8 Å². The molecule has 3 heteroatoms. The van der Waals surface area contributed by atoms with Gasteiger partial charge in [0.25, 0.3) is 0 Å². The van der Waals surface area contributed by atoms with Crippen molar-refractivity contribution in [1.29, 1.82) is 0 Å². The maximum absolute atomic E-state index is 13.3. The molecule has 3 rings (SSSR count). The predicted octanol–water partition coefficient (Wildman–Crippen LogP) is 4.28. The van der Waals surface area contributed by atoms with Crippen molar-refractivity contribution in [3.05, 3.63) is 34.4 Å². The molecule has 0 saturated heterocycles. The van der Waals surface area contributed by atoms with Gasteiger partial charge in [0.1, 0.15) is 6.29 Å². The predicted molar refractivity (Wildman–Crippen MR) is 70.0 cm³/mol. The van der Waals surface area contributed by atoms with Gasteiger partial charge >= 0.3 is 0 Å². The molecule has 0 spiro atoms. The smallest absolute Gasteiger partial charge is 0.248 e. The fourth-order valence-corrected chi connectivity index (χ4v) is 3.55. The Morgan fingerprint density at radius 3 is 2.58 bits per heavy atom. The molecule has 1 aromatic rings. The van der Waals surface area contributed by atoms with Crippen LogP contribution in [0.2, 0.25) is 0 Å². The fraction of sp³-hybridized carbons (Fsp3) is 0.562. The molecule has 0 unspecified atom stereocenters. The van der Waals surface area contributed by atoms with Gasteiger partial charge in [-0.05, 0) is 66.8 Å². The Morgan fingerprint density at radius 1 is 1.16 bits per heavy atom. The minimum absolute atomic E-state index is 0.0161. The average Bonchev–Trinajstić information content (AvgIpc) is 2.86. The lowest BCUT2D eigenvalue weighted by atomic mass is 9.79. The summed E-state index contributed by atoms with van der Waals surface area (Å²) >= 11 is 0. The lowest BCUT2D eigenvalue weighted by Crippen LogP contribution is -2.24. The van der Waals surface area contributed by atoms with E-state index in [1.54, 1.807) is 0 Å². The number of carbonyl (C=O) groups excluding carboxylic acids is 1. The molecule has 0 aliphatic heterocycles. The number of rotatable bonds is 2. The van der Waals surface area contributed by atoms with E-state index < -0.39 is 5.92 Å². The molecule has 2 aliphatic carbocycles. The molecule has 1 fully saturated rings. The molecule has 0 aromatic heterocycles. The van der Waals surface area contributed by atoms with Crippen LogP contribution in [-0.4, -0.2) is 12.2 Å². The molecule has 0 N–H and O–H groups in total. The maximum atomic E-state index is 13.3. The summed E-state index contributed by atoms with van der Waals surface area (Å²) < 4.78 is 26.5. The molecule has 1 saturated carbocycles. The van der Waals surface area contributed by atoms with Gasteiger partial charge in [0.05, 0.1) is 0 Å². The second kappa shape index (κ2) is 4.69. The summed E-state index contributed by atoms with van der Waals surface area (Å²) in [6.07, 6.45) is 5.11. The highest BCUT2D eigenvalue weighted by Gasteiger charge is 2.36. The zero-order valence-corrected chi connectivity index (χ0v) is 10.9. The van der Waals surface area contributed by atoms with E-state index in [0.29, 0.717) is 18.4 Å². The number of halogens is 2. The summed E-state index contributed by atoms with van der Waals surface area (Å²) in [4.78, 5) is 11.0. The Balaban J connectivity index is 1.92. The van der Waals surface area contributed by atoms with Crippen molar-refractivity contribution >= 4 is 6.29 Å². The third kappa shape index (κ3) is 2.43. The van der Waals surface area contributed by atoms with Gasteiger partial charge in [-0.15, -0.1) is 0 Å². The Morgan fingerprint density at radius 2 is 1.89 bits per heavy atom. The Kier molecular flexibility index (Phi) is 3.15. The van der Waals surface area contributed by atoms with E-state index in [0.717, 1.165) is 25.5 Å². The van der Waals surface area contributed by atoms with Crippen molar-refractivity contribution in [3.8, 4) is 0 Å². The van der Waals surface area contributed by atoms with Gasteiger partial charge in [0.2, 0.25) is 5.92 Å². The van der Waals surface area contributed by atoms with Crippen molar-refractivity contribution in [3.63, 3.8) is 0 Å². The Bertz CT molecular complexity index is 498. The van der Waals surface area contributed by atoms with Crippen LogP contribution in [0.15, 0.2) is 12.1 Å². The van der Waals surface area contributed by atoms with Crippen molar-refractivity contribution in [1.82, 2.24) is 0 Å². The van der Waals surface area contributed by atoms with E-state index >= 15 is 0 Å². The van der Waals surface area contributed by atoms with Crippen LogP contribution in [-0.2, 0) is 12.8 Å². The lowest BCUT2D eigenvalue weighted by molar-refractivity contribution is -0.0382. The summed E-state index contributed by atoms with van der Waals surface area (Å²) in [7, 11) is 0.